The van der Waals surface area contributed by atoms with E-state index in [9.17, 15) is 0 Å². The van der Waals surface area contributed by atoms with Gasteiger partial charge < -0.3 is 4.74 Å². The Morgan fingerprint density at radius 3 is 2.45 bits per heavy atom. The van der Waals surface area contributed by atoms with E-state index >= 15 is 0 Å². The fourth-order valence-electron chi connectivity index (χ4n) is 2.15. The summed E-state index contributed by atoms with van der Waals surface area (Å²) >= 11 is 5.90. The van der Waals surface area contributed by atoms with Crippen LogP contribution in [0.2, 0.25) is 5.02 Å². The van der Waals surface area contributed by atoms with Gasteiger partial charge in [-0.3, -0.25) is 4.99 Å². The molecule has 22 heavy (non-hydrogen) atoms. The van der Waals surface area contributed by atoms with Gasteiger partial charge in [0.25, 0.3) is 0 Å². The van der Waals surface area contributed by atoms with Crippen LogP contribution in [0.25, 0.3) is 5.57 Å². The van der Waals surface area contributed by atoms with E-state index in [4.69, 9.17) is 16.3 Å². The molecule has 0 fully saturated rings. The van der Waals surface area contributed by atoms with Crippen molar-refractivity contribution in [1.82, 2.24) is 0 Å². The second-order valence-electron chi connectivity index (χ2n) is 5.11. The quantitative estimate of drug-likeness (QED) is 0.676. The number of ether oxygens (including phenoxy) is 1. The second-order valence-corrected chi connectivity index (χ2v) is 5.54. The maximum Gasteiger partial charge on any atom is 0.127 e. The molecule has 0 N–H and O–H groups in total. The van der Waals surface area contributed by atoms with Gasteiger partial charge in [-0.1, -0.05) is 41.9 Å². The molecule has 2 aromatic carbocycles. The Hall–Kier alpha value is -2.06. The van der Waals surface area contributed by atoms with E-state index in [-0.39, 0.29) is 0 Å². The number of hydrogen-bond acceptors (Lipinski definition) is 2. The van der Waals surface area contributed by atoms with Crippen molar-refractivity contribution in [3.05, 3.63) is 70.3 Å². The third-order valence-electron chi connectivity index (χ3n) is 3.51. The number of halogens is 1. The lowest BCUT2D eigenvalue weighted by Crippen LogP contribution is -1.98. The van der Waals surface area contributed by atoms with Crippen LogP contribution in [0.15, 0.2) is 59.1 Å². The van der Waals surface area contributed by atoms with Crippen LogP contribution in [0.5, 0.6) is 5.75 Å². The van der Waals surface area contributed by atoms with E-state index in [0.717, 1.165) is 33.0 Å². The molecule has 0 radical (unpaired) electrons. The second kappa shape index (κ2) is 7.81. The molecule has 0 unspecified atom stereocenters. The van der Waals surface area contributed by atoms with Crippen LogP contribution in [0.4, 0.5) is 0 Å². The van der Waals surface area contributed by atoms with Gasteiger partial charge in [0.05, 0.1) is 0 Å². The summed E-state index contributed by atoms with van der Waals surface area (Å²) in [7, 11) is 1.78. The van der Waals surface area contributed by atoms with Crippen molar-refractivity contribution in [3.63, 3.8) is 0 Å². The lowest BCUT2D eigenvalue weighted by molar-refractivity contribution is 0.305. The molecule has 0 amide bonds. The summed E-state index contributed by atoms with van der Waals surface area (Å²) in [5, 5.41) is 0.734. The SMILES string of the molecule is C/N=C\C(C)=C(/C)c1ccccc1OCc1ccc(Cl)cc1. The topological polar surface area (TPSA) is 21.6 Å². The molecule has 0 saturated carbocycles. The summed E-state index contributed by atoms with van der Waals surface area (Å²) in [4.78, 5) is 4.08. The Kier molecular flexibility index (Phi) is 5.79. The Balaban J connectivity index is 2.22. The van der Waals surface area contributed by atoms with Gasteiger partial charge in [0.1, 0.15) is 12.4 Å². The fraction of sp³-hybridized carbons (Fsp3) is 0.211. The summed E-state index contributed by atoms with van der Waals surface area (Å²) in [5.74, 6) is 0.874. The average Bonchev–Trinajstić information content (AvgIpc) is 2.54. The first kappa shape index (κ1) is 16.3. The highest BCUT2D eigenvalue weighted by Crippen LogP contribution is 2.28. The lowest BCUT2D eigenvalue weighted by Gasteiger charge is -2.13. The molecule has 0 atom stereocenters. The first-order valence-electron chi connectivity index (χ1n) is 7.18. The summed E-state index contributed by atoms with van der Waals surface area (Å²) < 4.78 is 5.99. The molecule has 0 heterocycles. The zero-order chi connectivity index (χ0) is 15.9. The van der Waals surface area contributed by atoms with Crippen molar-refractivity contribution in [3.8, 4) is 5.75 Å². The molecular formula is C19H20ClNO. The lowest BCUT2D eigenvalue weighted by atomic mass is 10.0. The predicted octanol–water partition coefficient (Wildman–Crippen LogP) is 5.41. The number of aliphatic imine (C=N–C) groups is 1. The van der Waals surface area contributed by atoms with Crippen molar-refractivity contribution in [2.75, 3.05) is 7.05 Å². The van der Waals surface area contributed by atoms with E-state index in [1.165, 1.54) is 0 Å². The minimum atomic E-state index is 0.516. The first-order chi connectivity index (χ1) is 10.6. The number of rotatable bonds is 5. The van der Waals surface area contributed by atoms with Gasteiger partial charge >= 0.3 is 0 Å². The number of hydrogen-bond donors (Lipinski definition) is 0. The molecular weight excluding hydrogens is 294 g/mol. The van der Waals surface area contributed by atoms with E-state index in [0.29, 0.717) is 6.61 Å². The molecule has 2 aromatic rings. The third-order valence-corrected chi connectivity index (χ3v) is 3.76. The molecule has 0 bridgehead atoms. The van der Waals surface area contributed by atoms with E-state index in [2.05, 4.69) is 24.9 Å². The van der Waals surface area contributed by atoms with Gasteiger partial charge in [0, 0.05) is 23.8 Å². The van der Waals surface area contributed by atoms with E-state index in [1.807, 2.05) is 48.7 Å². The molecule has 0 aliphatic rings. The highest BCUT2D eigenvalue weighted by atomic mass is 35.5. The third kappa shape index (κ3) is 4.22. The molecule has 0 saturated heterocycles. The molecule has 0 aliphatic carbocycles. The van der Waals surface area contributed by atoms with Gasteiger partial charge in [-0.2, -0.15) is 0 Å². The van der Waals surface area contributed by atoms with Crippen molar-refractivity contribution < 1.29 is 4.74 Å². The molecule has 114 valence electrons. The van der Waals surface area contributed by atoms with Gasteiger partial charge in [0.2, 0.25) is 0 Å². The molecule has 0 aliphatic heterocycles. The van der Waals surface area contributed by atoms with Crippen LogP contribution >= 0.6 is 11.6 Å². The van der Waals surface area contributed by atoms with Crippen LogP contribution in [-0.4, -0.2) is 13.3 Å². The molecule has 3 heteroatoms. The Morgan fingerprint density at radius 1 is 1.09 bits per heavy atom. The maximum atomic E-state index is 5.99. The normalized spacial score (nSPS) is 12.4. The Labute approximate surface area is 137 Å². The largest absolute Gasteiger partial charge is 0.488 e. The molecule has 0 aromatic heterocycles. The number of nitrogens with zero attached hydrogens (tertiary/aromatic N) is 1. The first-order valence-corrected chi connectivity index (χ1v) is 7.56. The average molecular weight is 314 g/mol. The molecule has 0 spiro atoms. The summed E-state index contributed by atoms with van der Waals surface area (Å²) in [6.07, 6.45) is 1.87. The van der Waals surface area contributed by atoms with Crippen molar-refractivity contribution in [2.45, 2.75) is 20.5 Å². The predicted molar refractivity (Wildman–Crippen MR) is 94.9 cm³/mol. The van der Waals surface area contributed by atoms with Crippen LogP contribution < -0.4 is 4.74 Å². The van der Waals surface area contributed by atoms with Crippen molar-refractivity contribution >= 4 is 23.4 Å². The van der Waals surface area contributed by atoms with Crippen molar-refractivity contribution in [1.29, 1.82) is 0 Å². The number of allylic oxidation sites excluding steroid dienone is 2. The van der Waals surface area contributed by atoms with Gasteiger partial charge in [-0.05, 0) is 48.8 Å². The van der Waals surface area contributed by atoms with Crippen LogP contribution in [-0.2, 0) is 6.61 Å². The standard InChI is InChI=1S/C19H20ClNO/c1-14(12-21-3)15(2)18-6-4-5-7-19(18)22-13-16-8-10-17(20)11-9-16/h4-12H,13H2,1-3H3/b15-14+,21-12-. The summed E-state index contributed by atoms with van der Waals surface area (Å²) in [5.41, 5.74) is 4.48. The van der Waals surface area contributed by atoms with Gasteiger partial charge in [-0.25, -0.2) is 0 Å². The number of para-hydroxylation sites is 1. The molecule has 2 nitrogen and oxygen atoms in total. The Bertz CT molecular complexity index is 687. The fourth-order valence-corrected chi connectivity index (χ4v) is 2.27. The zero-order valence-electron chi connectivity index (χ0n) is 13.1. The van der Waals surface area contributed by atoms with E-state index in [1.54, 1.807) is 7.05 Å². The minimum absolute atomic E-state index is 0.516. The number of benzene rings is 2. The highest BCUT2D eigenvalue weighted by molar-refractivity contribution is 6.30. The van der Waals surface area contributed by atoms with Crippen LogP contribution in [0.1, 0.15) is 25.0 Å². The van der Waals surface area contributed by atoms with Crippen LogP contribution in [0, 0.1) is 0 Å². The van der Waals surface area contributed by atoms with Gasteiger partial charge in [0.15, 0.2) is 0 Å². The minimum Gasteiger partial charge on any atom is -0.488 e. The highest BCUT2D eigenvalue weighted by Gasteiger charge is 2.07. The zero-order valence-corrected chi connectivity index (χ0v) is 13.9. The monoisotopic (exact) mass is 313 g/mol. The Morgan fingerprint density at radius 2 is 1.77 bits per heavy atom. The van der Waals surface area contributed by atoms with Crippen LogP contribution in [0.3, 0.4) is 0 Å². The maximum absolute atomic E-state index is 5.99. The summed E-state index contributed by atoms with van der Waals surface area (Å²) in [6.45, 7) is 4.65. The summed E-state index contributed by atoms with van der Waals surface area (Å²) in [6, 6.07) is 15.8. The smallest absolute Gasteiger partial charge is 0.127 e. The molecule has 2 rings (SSSR count). The van der Waals surface area contributed by atoms with Crippen molar-refractivity contribution in [2.24, 2.45) is 4.99 Å². The van der Waals surface area contributed by atoms with E-state index < -0.39 is 0 Å². The van der Waals surface area contributed by atoms with Gasteiger partial charge in [-0.15, -0.1) is 0 Å².